The van der Waals surface area contributed by atoms with Crippen LogP contribution < -0.4 is 5.73 Å². The molecule has 2 atom stereocenters. The van der Waals surface area contributed by atoms with Gasteiger partial charge in [0.05, 0.1) is 6.61 Å². The maximum Gasteiger partial charge on any atom is 0.0589 e. The van der Waals surface area contributed by atoms with E-state index in [9.17, 15) is 0 Å². The van der Waals surface area contributed by atoms with E-state index in [0.717, 1.165) is 38.1 Å². The highest BCUT2D eigenvalue weighted by atomic mass is 16.5. The van der Waals surface area contributed by atoms with Gasteiger partial charge in [0.1, 0.15) is 0 Å². The lowest BCUT2D eigenvalue weighted by molar-refractivity contribution is 0.00740. The molecule has 102 valence electrons. The van der Waals surface area contributed by atoms with Crippen molar-refractivity contribution in [2.75, 3.05) is 33.4 Å². The van der Waals surface area contributed by atoms with Crippen molar-refractivity contribution in [2.24, 2.45) is 17.6 Å². The number of likely N-dealkylation sites (N-methyl/N-ethyl adjacent to an activating group) is 1. The topological polar surface area (TPSA) is 38.5 Å². The molecule has 0 aliphatic heterocycles. The molecule has 2 N–H and O–H groups in total. The fourth-order valence-electron chi connectivity index (χ4n) is 3.72. The predicted octanol–water partition coefficient (Wildman–Crippen LogP) is 2.11. The van der Waals surface area contributed by atoms with Crippen molar-refractivity contribution >= 4 is 0 Å². The molecule has 3 heteroatoms. The number of nitrogens with two attached hydrogens (primary N) is 1. The zero-order chi connectivity index (χ0) is 12.9. The molecule has 0 aromatic heterocycles. The SMILES string of the molecule is CCN(CCOC)C1(CN)CC(C)CC(C)C1. The van der Waals surface area contributed by atoms with Gasteiger partial charge in [-0.05, 0) is 37.6 Å². The fraction of sp³-hybridized carbons (Fsp3) is 1.00. The molecule has 0 spiro atoms. The Bertz CT molecular complexity index is 210. The van der Waals surface area contributed by atoms with E-state index in [1.807, 2.05) is 0 Å². The third-order valence-electron chi connectivity index (χ3n) is 4.26. The first kappa shape index (κ1) is 14.9. The third-order valence-corrected chi connectivity index (χ3v) is 4.26. The van der Waals surface area contributed by atoms with E-state index in [0.29, 0.717) is 0 Å². The molecule has 1 aliphatic carbocycles. The van der Waals surface area contributed by atoms with E-state index in [2.05, 4.69) is 25.7 Å². The van der Waals surface area contributed by atoms with Gasteiger partial charge in [-0.3, -0.25) is 4.90 Å². The Balaban J connectivity index is 2.76. The first-order valence-corrected chi connectivity index (χ1v) is 7.02. The van der Waals surface area contributed by atoms with Crippen LogP contribution in [0.5, 0.6) is 0 Å². The maximum absolute atomic E-state index is 6.13. The number of hydrogen-bond donors (Lipinski definition) is 1. The highest BCUT2D eigenvalue weighted by Gasteiger charge is 2.40. The number of rotatable bonds is 6. The summed E-state index contributed by atoms with van der Waals surface area (Å²) in [5.74, 6) is 1.58. The standard InChI is InChI=1S/C14H30N2O/c1-5-16(6-7-17-4)14(11-15)9-12(2)8-13(3)10-14/h12-13H,5-11,15H2,1-4H3. The molecule has 1 aliphatic rings. The molecule has 3 nitrogen and oxygen atoms in total. The Morgan fingerprint density at radius 2 is 1.88 bits per heavy atom. The number of ether oxygens (including phenoxy) is 1. The van der Waals surface area contributed by atoms with Crippen LogP contribution in [-0.4, -0.2) is 43.8 Å². The van der Waals surface area contributed by atoms with Crippen LogP contribution in [0.1, 0.15) is 40.0 Å². The van der Waals surface area contributed by atoms with Gasteiger partial charge in [0.2, 0.25) is 0 Å². The van der Waals surface area contributed by atoms with Gasteiger partial charge < -0.3 is 10.5 Å². The summed E-state index contributed by atoms with van der Waals surface area (Å²) in [6.07, 6.45) is 3.83. The minimum absolute atomic E-state index is 0.213. The average molecular weight is 242 g/mol. The largest absolute Gasteiger partial charge is 0.383 e. The lowest BCUT2D eigenvalue weighted by Crippen LogP contribution is -2.58. The van der Waals surface area contributed by atoms with Gasteiger partial charge in [-0.25, -0.2) is 0 Å². The van der Waals surface area contributed by atoms with Crippen LogP contribution >= 0.6 is 0 Å². The van der Waals surface area contributed by atoms with Crippen molar-refractivity contribution in [1.82, 2.24) is 4.90 Å². The molecule has 0 bridgehead atoms. The molecule has 0 heterocycles. The van der Waals surface area contributed by atoms with E-state index in [4.69, 9.17) is 10.5 Å². The van der Waals surface area contributed by atoms with Crippen LogP contribution in [0.15, 0.2) is 0 Å². The smallest absolute Gasteiger partial charge is 0.0589 e. The minimum atomic E-state index is 0.213. The van der Waals surface area contributed by atoms with E-state index in [-0.39, 0.29) is 5.54 Å². The highest BCUT2D eigenvalue weighted by molar-refractivity contribution is 4.97. The minimum Gasteiger partial charge on any atom is -0.383 e. The summed E-state index contributed by atoms with van der Waals surface area (Å²) in [6.45, 7) is 10.6. The van der Waals surface area contributed by atoms with Crippen molar-refractivity contribution in [3.63, 3.8) is 0 Å². The lowest BCUT2D eigenvalue weighted by Gasteiger charge is -2.49. The number of nitrogens with zero attached hydrogens (tertiary/aromatic N) is 1. The predicted molar refractivity (Wildman–Crippen MR) is 73.1 cm³/mol. The average Bonchev–Trinajstić information content (AvgIpc) is 2.28. The number of methoxy groups -OCH3 is 1. The molecule has 0 aromatic rings. The van der Waals surface area contributed by atoms with Crippen LogP contribution in [-0.2, 0) is 4.74 Å². The van der Waals surface area contributed by atoms with E-state index < -0.39 is 0 Å². The zero-order valence-electron chi connectivity index (χ0n) is 12.0. The van der Waals surface area contributed by atoms with Crippen LogP contribution in [0, 0.1) is 11.8 Å². The van der Waals surface area contributed by atoms with Crippen molar-refractivity contribution in [3.05, 3.63) is 0 Å². The second-order valence-corrected chi connectivity index (χ2v) is 5.86. The fourth-order valence-corrected chi connectivity index (χ4v) is 3.72. The monoisotopic (exact) mass is 242 g/mol. The summed E-state index contributed by atoms with van der Waals surface area (Å²) < 4.78 is 5.23. The van der Waals surface area contributed by atoms with Gasteiger partial charge in [-0.15, -0.1) is 0 Å². The van der Waals surface area contributed by atoms with E-state index in [1.165, 1.54) is 19.3 Å². The quantitative estimate of drug-likeness (QED) is 0.775. The molecule has 1 fully saturated rings. The maximum atomic E-state index is 6.13. The van der Waals surface area contributed by atoms with Gasteiger partial charge in [-0.1, -0.05) is 20.8 Å². The Morgan fingerprint density at radius 3 is 2.29 bits per heavy atom. The Hall–Kier alpha value is -0.120. The van der Waals surface area contributed by atoms with Gasteiger partial charge in [-0.2, -0.15) is 0 Å². The molecule has 1 saturated carbocycles. The normalized spacial score (nSPS) is 34.2. The van der Waals surface area contributed by atoms with Gasteiger partial charge in [0, 0.05) is 25.7 Å². The summed E-state index contributed by atoms with van der Waals surface area (Å²) >= 11 is 0. The second-order valence-electron chi connectivity index (χ2n) is 5.86. The van der Waals surface area contributed by atoms with Crippen molar-refractivity contribution < 1.29 is 4.74 Å². The highest BCUT2D eigenvalue weighted by Crippen LogP contribution is 2.39. The molecule has 0 radical (unpaired) electrons. The van der Waals surface area contributed by atoms with Crippen molar-refractivity contribution in [1.29, 1.82) is 0 Å². The summed E-state index contributed by atoms with van der Waals surface area (Å²) in [7, 11) is 1.77. The van der Waals surface area contributed by atoms with Gasteiger partial charge in [0.15, 0.2) is 0 Å². The van der Waals surface area contributed by atoms with Crippen LogP contribution in [0.2, 0.25) is 0 Å². The Morgan fingerprint density at radius 1 is 1.29 bits per heavy atom. The summed E-state index contributed by atoms with van der Waals surface area (Å²) in [5, 5.41) is 0. The molecule has 1 rings (SSSR count). The third kappa shape index (κ3) is 3.67. The van der Waals surface area contributed by atoms with Crippen molar-refractivity contribution in [2.45, 2.75) is 45.6 Å². The first-order valence-electron chi connectivity index (χ1n) is 7.02. The van der Waals surface area contributed by atoms with Crippen LogP contribution in [0.3, 0.4) is 0 Å². The Kier molecular flexibility index (Phi) is 5.90. The van der Waals surface area contributed by atoms with Crippen LogP contribution in [0.4, 0.5) is 0 Å². The molecule has 2 unspecified atom stereocenters. The number of hydrogen-bond acceptors (Lipinski definition) is 3. The molecule has 0 saturated heterocycles. The van der Waals surface area contributed by atoms with Gasteiger partial charge >= 0.3 is 0 Å². The molecule has 0 aromatic carbocycles. The summed E-state index contributed by atoms with van der Waals surface area (Å²) in [6, 6.07) is 0. The van der Waals surface area contributed by atoms with E-state index in [1.54, 1.807) is 7.11 Å². The molecule has 0 amide bonds. The summed E-state index contributed by atoms with van der Waals surface area (Å²) in [4.78, 5) is 2.54. The second kappa shape index (κ2) is 6.72. The molecular formula is C14H30N2O. The molecule has 17 heavy (non-hydrogen) atoms. The van der Waals surface area contributed by atoms with Crippen LogP contribution in [0.25, 0.3) is 0 Å². The van der Waals surface area contributed by atoms with Gasteiger partial charge in [0.25, 0.3) is 0 Å². The molecular weight excluding hydrogens is 212 g/mol. The zero-order valence-corrected chi connectivity index (χ0v) is 12.0. The van der Waals surface area contributed by atoms with Crippen molar-refractivity contribution in [3.8, 4) is 0 Å². The van der Waals surface area contributed by atoms with E-state index >= 15 is 0 Å². The summed E-state index contributed by atoms with van der Waals surface area (Å²) in [5.41, 5.74) is 6.34. The lowest BCUT2D eigenvalue weighted by atomic mass is 9.70. The Labute approximate surface area is 107 Å². The first-order chi connectivity index (χ1) is 8.07.